The van der Waals surface area contributed by atoms with Crippen LogP contribution in [0.3, 0.4) is 0 Å². The van der Waals surface area contributed by atoms with Crippen LogP contribution < -0.4 is 16.2 Å². The first kappa shape index (κ1) is 18.9. The van der Waals surface area contributed by atoms with Gasteiger partial charge in [-0.3, -0.25) is 9.78 Å². The van der Waals surface area contributed by atoms with Crippen molar-refractivity contribution in [2.75, 3.05) is 10.6 Å². The molecule has 0 aliphatic heterocycles. The van der Waals surface area contributed by atoms with Gasteiger partial charge in [-0.25, -0.2) is 4.98 Å². The summed E-state index contributed by atoms with van der Waals surface area (Å²) >= 11 is 0. The molecule has 0 saturated heterocycles. The van der Waals surface area contributed by atoms with Crippen LogP contribution in [0.15, 0.2) is 52.3 Å². The van der Waals surface area contributed by atoms with Crippen LogP contribution in [0, 0.1) is 0 Å². The van der Waals surface area contributed by atoms with Crippen molar-refractivity contribution in [2.24, 2.45) is 0 Å². The summed E-state index contributed by atoms with van der Waals surface area (Å²) in [6, 6.07) is 6.08. The first-order chi connectivity index (χ1) is 15.7. The van der Waals surface area contributed by atoms with E-state index in [1.165, 1.54) is 4.68 Å². The lowest BCUT2D eigenvalue weighted by atomic mass is 10.2. The maximum atomic E-state index is 12.7. The molecule has 0 unspecified atom stereocenters. The summed E-state index contributed by atoms with van der Waals surface area (Å²) in [5.41, 5.74) is 0.398. The quantitative estimate of drug-likeness (QED) is 0.475. The molecule has 6 rings (SSSR count). The van der Waals surface area contributed by atoms with Gasteiger partial charge < -0.3 is 15.2 Å². The number of nitrogens with one attached hydrogen (secondary N) is 2. The molecule has 0 amide bonds. The van der Waals surface area contributed by atoms with E-state index in [2.05, 4.69) is 35.8 Å². The zero-order valence-electron chi connectivity index (χ0n) is 17.3. The van der Waals surface area contributed by atoms with E-state index < -0.39 is 0 Å². The normalized spacial score (nSPS) is 20.5. The van der Waals surface area contributed by atoms with E-state index in [4.69, 9.17) is 4.52 Å². The topological polar surface area (TPSA) is 124 Å². The van der Waals surface area contributed by atoms with Crippen molar-refractivity contribution in [2.45, 2.75) is 50.1 Å². The Morgan fingerprint density at radius 3 is 2.69 bits per heavy atom. The molecule has 2 saturated carbocycles. The molecule has 0 radical (unpaired) electrons. The van der Waals surface area contributed by atoms with Gasteiger partial charge in [-0.2, -0.15) is 14.8 Å². The molecule has 32 heavy (non-hydrogen) atoms. The first-order valence-corrected chi connectivity index (χ1v) is 10.9. The number of hydrogen-bond acceptors (Lipinski definition) is 9. The van der Waals surface area contributed by atoms with Gasteiger partial charge in [0.25, 0.3) is 11.5 Å². The minimum atomic E-state index is -0.214. The van der Waals surface area contributed by atoms with E-state index >= 15 is 0 Å². The minimum absolute atomic E-state index is 0.214. The van der Waals surface area contributed by atoms with Gasteiger partial charge in [0, 0.05) is 35.8 Å². The smallest absolute Gasteiger partial charge is 0.280 e. The molecule has 0 aromatic carbocycles. The molecule has 4 aromatic heterocycles. The third-order valence-electron chi connectivity index (χ3n) is 6.07. The molecule has 162 valence electrons. The summed E-state index contributed by atoms with van der Waals surface area (Å²) in [6.07, 6.45) is 11.8. The third kappa shape index (κ3) is 3.68. The average molecular weight is 430 g/mol. The molecule has 0 spiro atoms. The molecule has 10 nitrogen and oxygen atoms in total. The maximum absolute atomic E-state index is 12.7. The van der Waals surface area contributed by atoms with Crippen molar-refractivity contribution in [3.8, 4) is 5.69 Å². The molecule has 2 atom stereocenters. The van der Waals surface area contributed by atoms with Crippen molar-refractivity contribution in [1.82, 2.24) is 29.9 Å². The van der Waals surface area contributed by atoms with E-state index in [0.29, 0.717) is 35.0 Å². The van der Waals surface area contributed by atoms with E-state index in [1.807, 2.05) is 12.1 Å². The predicted molar refractivity (Wildman–Crippen MR) is 118 cm³/mol. The fourth-order valence-electron chi connectivity index (χ4n) is 4.19. The number of anilines is 2. The highest BCUT2D eigenvalue weighted by molar-refractivity contribution is 5.79. The molecular formula is C22H22N8O2. The summed E-state index contributed by atoms with van der Waals surface area (Å²) in [6.45, 7) is 0. The summed E-state index contributed by atoms with van der Waals surface area (Å²) in [4.78, 5) is 25.7. The van der Waals surface area contributed by atoms with Crippen LogP contribution in [0.5, 0.6) is 0 Å². The van der Waals surface area contributed by atoms with E-state index in [9.17, 15) is 4.79 Å². The molecule has 2 fully saturated rings. The lowest BCUT2D eigenvalue weighted by molar-refractivity contribution is 0.379. The first-order valence-electron chi connectivity index (χ1n) is 10.9. The molecule has 2 aliphatic rings. The second kappa shape index (κ2) is 7.70. The monoisotopic (exact) mass is 430 g/mol. The predicted octanol–water partition coefficient (Wildman–Crippen LogP) is 2.88. The number of aromatic nitrogens is 6. The second-order valence-electron chi connectivity index (χ2n) is 8.45. The molecule has 2 N–H and O–H groups in total. The van der Waals surface area contributed by atoms with E-state index in [-0.39, 0.29) is 5.56 Å². The maximum Gasteiger partial charge on any atom is 0.280 e. The Bertz CT molecular complexity index is 1310. The third-order valence-corrected chi connectivity index (χ3v) is 6.07. The second-order valence-corrected chi connectivity index (χ2v) is 8.45. The standard InChI is InChI=1S/C22H22N8O2/c31-21-18-12-23-8-7-14(18)10-25-30(21)17-5-6-19(24-11-17)26-15-3-4-16(9-15)27-22-28-20(32-29-22)13-1-2-13/h5-8,10-13,15-16H,1-4,9H2,(H,24,26)(H,27,29)/t15-,16-/m0/s1. The molecule has 4 heterocycles. The van der Waals surface area contributed by atoms with Crippen molar-refractivity contribution in [3.63, 3.8) is 0 Å². The van der Waals surface area contributed by atoms with E-state index in [0.717, 1.165) is 49.2 Å². The van der Waals surface area contributed by atoms with Gasteiger partial charge in [0.2, 0.25) is 5.89 Å². The van der Waals surface area contributed by atoms with Crippen LogP contribution in [0.25, 0.3) is 16.5 Å². The molecule has 10 heteroatoms. The van der Waals surface area contributed by atoms with E-state index in [1.54, 1.807) is 30.9 Å². The van der Waals surface area contributed by atoms with Gasteiger partial charge in [0.1, 0.15) is 5.82 Å². The average Bonchev–Trinajstić information content (AvgIpc) is 3.42. The summed E-state index contributed by atoms with van der Waals surface area (Å²) in [5.74, 6) is 2.57. The zero-order valence-corrected chi connectivity index (χ0v) is 17.3. The van der Waals surface area contributed by atoms with Crippen LogP contribution in [0.4, 0.5) is 11.8 Å². The van der Waals surface area contributed by atoms with Crippen molar-refractivity contribution in [3.05, 3.63) is 59.2 Å². The van der Waals surface area contributed by atoms with Crippen molar-refractivity contribution < 1.29 is 4.52 Å². The zero-order chi connectivity index (χ0) is 21.5. The van der Waals surface area contributed by atoms with Crippen LogP contribution in [0.1, 0.15) is 43.9 Å². The van der Waals surface area contributed by atoms with Crippen LogP contribution in [-0.2, 0) is 0 Å². The Morgan fingerprint density at radius 1 is 1.00 bits per heavy atom. The lowest BCUT2D eigenvalue weighted by Gasteiger charge is -2.14. The molecule has 0 bridgehead atoms. The van der Waals surface area contributed by atoms with Gasteiger partial charge in [0.15, 0.2) is 0 Å². The Morgan fingerprint density at radius 2 is 1.88 bits per heavy atom. The highest BCUT2D eigenvalue weighted by Gasteiger charge is 2.31. The SMILES string of the molecule is O=c1c2cnccc2cnn1-c1ccc(N[C@H]2CC[C@H](Nc3noc(C4CC4)n3)C2)nc1. The largest absolute Gasteiger partial charge is 0.367 e. The van der Waals surface area contributed by atoms with Gasteiger partial charge in [-0.1, -0.05) is 0 Å². The fourth-order valence-corrected chi connectivity index (χ4v) is 4.19. The Hall–Kier alpha value is -3.82. The summed E-state index contributed by atoms with van der Waals surface area (Å²) in [5, 5.41) is 16.5. The van der Waals surface area contributed by atoms with Crippen molar-refractivity contribution in [1.29, 1.82) is 0 Å². The number of pyridine rings is 2. The highest BCUT2D eigenvalue weighted by atomic mass is 16.5. The molecule has 2 aliphatic carbocycles. The Balaban J connectivity index is 1.10. The molecule has 4 aromatic rings. The minimum Gasteiger partial charge on any atom is -0.367 e. The van der Waals surface area contributed by atoms with Crippen LogP contribution >= 0.6 is 0 Å². The lowest BCUT2D eigenvalue weighted by Crippen LogP contribution is -2.22. The molecular weight excluding hydrogens is 408 g/mol. The number of hydrogen-bond donors (Lipinski definition) is 2. The Kier molecular flexibility index (Phi) is 4.55. The fraction of sp³-hybridized carbons (Fsp3) is 0.364. The highest BCUT2D eigenvalue weighted by Crippen LogP contribution is 2.39. The van der Waals surface area contributed by atoms with Crippen molar-refractivity contribution >= 4 is 22.5 Å². The van der Waals surface area contributed by atoms with Gasteiger partial charge in [-0.05, 0) is 55.5 Å². The Labute approximate surface area is 183 Å². The van der Waals surface area contributed by atoms with Gasteiger partial charge >= 0.3 is 0 Å². The van der Waals surface area contributed by atoms with Crippen LogP contribution in [0.2, 0.25) is 0 Å². The number of rotatable bonds is 6. The summed E-state index contributed by atoms with van der Waals surface area (Å²) in [7, 11) is 0. The number of fused-ring (bicyclic) bond motifs is 1. The number of nitrogens with zero attached hydrogens (tertiary/aromatic N) is 6. The van der Waals surface area contributed by atoms with Gasteiger partial charge in [-0.15, -0.1) is 0 Å². The summed E-state index contributed by atoms with van der Waals surface area (Å²) < 4.78 is 6.66. The van der Waals surface area contributed by atoms with Gasteiger partial charge in [0.05, 0.1) is 23.5 Å². The van der Waals surface area contributed by atoms with Crippen LogP contribution in [-0.4, -0.2) is 42.0 Å².